The Hall–Kier alpha value is -2.53. The third kappa shape index (κ3) is 3.27. The first kappa shape index (κ1) is 13.9. The number of rotatable bonds is 5. The molecule has 0 aromatic heterocycles. The number of aliphatic hydroxyl groups is 1. The molecular formula is C15H13NO4. The number of Topliss-reactive ketones (excluding diaryl/α,β-unsaturated/α-hetero) is 1. The molecule has 102 valence electrons. The van der Waals surface area contributed by atoms with Crippen LogP contribution >= 0.6 is 0 Å². The maximum Gasteiger partial charge on any atom is 0.269 e. The van der Waals surface area contributed by atoms with Crippen LogP contribution in [0.1, 0.15) is 28.4 Å². The molecule has 5 nitrogen and oxygen atoms in total. The van der Waals surface area contributed by atoms with Gasteiger partial charge in [-0.05, 0) is 17.7 Å². The first-order chi connectivity index (χ1) is 9.58. The van der Waals surface area contributed by atoms with E-state index in [1.807, 2.05) is 6.07 Å². The zero-order valence-corrected chi connectivity index (χ0v) is 10.6. The highest BCUT2D eigenvalue weighted by Crippen LogP contribution is 2.21. The lowest BCUT2D eigenvalue weighted by atomic mass is 10.00. The topological polar surface area (TPSA) is 80.4 Å². The molecule has 0 bridgehead atoms. The van der Waals surface area contributed by atoms with Crippen molar-refractivity contribution in [3.8, 4) is 0 Å². The molecule has 2 aromatic rings. The Balaban J connectivity index is 2.06. The van der Waals surface area contributed by atoms with Crippen molar-refractivity contribution in [2.45, 2.75) is 12.5 Å². The zero-order chi connectivity index (χ0) is 14.5. The van der Waals surface area contributed by atoms with E-state index >= 15 is 0 Å². The van der Waals surface area contributed by atoms with Crippen molar-refractivity contribution in [1.82, 2.24) is 0 Å². The molecule has 0 saturated heterocycles. The van der Waals surface area contributed by atoms with Gasteiger partial charge in [0.05, 0.1) is 11.0 Å². The summed E-state index contributed by atoms with van der Waals surface area (Å²) in [6.45, 7) is 0. The third-order valence-corrected chi connectivity index (χ3v) is 2.96. The van der Waals surface area contributed by atoms with E-state index in [9.17, 15) is 20.0 Å². The summed E-state index contributed by atoms with van der Waals surface area (Å²) in [4.78, 5) is 22.0. The number of benzene rings is 2. The van der Waals surface area contributed by atoms with Crippen LogP contribution in [0.5, 0.6) is 0 Å². The average molecular weight is 271 g/mol. The van der Waals surface area contributed by atoms with E-state index in [1.54, 1.807) is 24.3 Å². The zero-order valence-electron chi connectivity index (χ0n) is 10.6. The first-order valence-corrected chi connectivity index (χ1v) is 6.08. The van der Waals surface area contributed by atoms with Crippen LogP contribution < -0.4 is 0 Å². The Morgan fingerprint density at radius 1 is 1.10 bits per heavy atom. The fraction of sp³-hybridized carbons (Fsp3) is 0.133. The number of nitro groups is 1. The summed E-state index contributed by atoms with van der Waals surface area (Å²) in [5.41, 5.74) is 0.976. The maximum absolute atomic E-state index is 11.9. The number of carbonyl (C=O) groups is 1. The average Bonchev–Trinajstić information content (AvgIpc) is 2.48. The summed E-state index contributed by atoms with van der Waals surface area (Å²) in [6, 6.07) is 14.2. The van der Waals surface area contributed by atoms with Crippen molar-refractivity contribution < 1.29 is 14.8 Å². The molecule has 0 amide bonds. The second-order valence-corrected chi connectivity index (χ2v) is 4.36. The van der Waals surface area contributed by atoms with Crippen molar-refractivity contribution in [3.05, 3.63) is 75.8 Å². The number of nitrogens with zero attached hydrogens (tertiary/aromatic N) is 1. The molecule has 5 heteroatoms. The van der Waals surface area contributed by atoms with Crippen LogP contribution in [0.4, 0.5) is 5.69 Å². The molecular weight excluding hydrogens is 258 g/mol. The van der Waals surface area contributed by atoms with E-state index in [0.29, 0.717) is 11.1 Å². The number of hydrogen-bond acceptors (Lipinski definition) is 4. The van der Waals surface area contributed by atoms with Gasteiger partial charge in [0.2, 0.25) is 0 Å². The minimum absolute atomic E-state index is 0.0460. The molecule has 1 N–H and O–H groups in total. The van der Waals surface area contributed by atoms with Gasteiger partial charge >= 0.3 is 0 Å². The van der Waals surface area contributed by atoms with Gasteiger partial charge in [0.1, 0.15) is 0 Å². The van der Waals surface area contributed by atoms with Crippen molar-refractivity contribution in [3.63, 3.8) is 0 Å². The third-order valence-electron chi connectivity index (χ3n) is 2.96. The largest absolute Gasteiger partial charge is 0.388 e. The molecule has 0 heterocycles. The highest BCUT2D eigenvalue weighted by atomic mass is 16.6. The molecule has 20 heavy (non-hydrogen) atoms. The van der Waals surface area contributed by atoms with Crippen LogP contribution in [0.15, 0.2) is 54.6 Å². The molecule has 0 saturated carbocycles. The summed E-state index contributed by atoms with van der Waals surface area (Å²) in [7, 11) is 0. The number of carbonyl (C=O) groups excluding carboxylic acids is 1. The molecule has 0 fully saturated rings. The van der Waals surface area contributed by atoms with Crippen LogP contribution in [0.2, 0.25) is 0 Å². The molecule has 0 radical (unpaired) electrons. The van der Waals surface area contributed by atoms with Gasteiger partial charge in [-0.25, -0.2) is 0 Å². The van der Waals surface area contributed by atoms with E-state index in [4.69, 9.17) is 0 Å². The Bertz CT molecular complexity index is 608. The summed E-state index contributed by atoms with van der Waals surface area (Å²) in [5.74, 6) is -0.170. The second-order valence-electron chi connectivity index (χ2n) is 4.36. The Morgan fingerprint density at radius 2 is 1.70 bits per heavy atom. The van der Waals surface area contributed by atoms with E-state index in [-0.39, 0.29) is 17.9 Å². The van der Waals surface area contributed by atoms with Gasteiger partial charge in [-0.2, -0.15) is 0 Å². The van der Waals surface area contributed by atoms with Crippen molar-refractivity contribution in [2.75, 3.05) is 0 Å². The van der Waals surface area contributed by atoms with Crippen molar-refractivity contribution in [2.24, 2.45) is 0 Å². The summed E-state index contributed by atoms with van der Waals surface area (Å²) < 4.78 is 0. The molecule has 2 aromatic carbocycles. The standard InChI is InChI=1S/C15H13NO4/c17-14(11-4-2-1-3-5-11)10-15(18)12-6-8-13(9-7-12)16(19)20/h1-9,15,18H,10H2/t15-/m0/s1. The van der Waals surface area contributed by atoms with Crippen LogP contribution in [0, 0.1) is 10.1 Å². The van der Waals surface area contributed by atoms with Gasteiger partial charge in [0.15, 0.2) is 5.78 Å². The predicted molar refractivity (Wildman–Crippen MR) is 73.4 cm³/mol. The number of nitro benzene ring substituents is 1. The number of aliphatic hydroxyl groups excluding tert-OH is 1. The first-order valence-electron chi connectivity index (χ1n) is 6.08. The minimum atomic E-state index is -0.969. The van der Waals surface area contributed by atoms with Crippen LogP contribution in [-0.2, 0) is 0 Å². The van der Waals surface area contributed by atoms with Gasteiger partial charge < -0.3 is 5.11 Å². The number of non-ortho nitro benzene ring substituents is 1. The fourth-order valence-corrected chi connectivity index (χ4v) is 1.85. The molecule has 0 aliphatic heterocycles. The molecule has 2 rings (SSSR count). The van der Waals surface area contributed by atoms with Gasteiger partial charge in [0.25, 0.3) is 5.69 Å². The molecule has 0 aliphatic rings. The lowest BCUT2D eigenvalue weighted by Gasteiger charge is -2.10. The molecule has 0 spiro atoms. The number of ketones is 1. The van der Waals surface area contributed by atoms with E-state index in [1.165, 1.54) is 24.3 Å². The monoisotopic (exact) mass is 271 g/mol. The normalized spacial score (nSPS) is 11.8. The Kier molecular flexibility index (Phi) is 4.22. The lowest BCUT2D eigenvalue weighted by Crippen LogP contribution is -2.07. The van der Waals surface area contributed by atoms with Crippen LogP contribution in [0.25, 0.3) is 0 Å². The number of hydrogen-bond donors (Lipinski definition) is 1. The Morgan fingerprint density at radius 3 is 2.25 bits per heavy atom. The van der Waals surface area contributed by atoms with Gasteiger partial charge in [-0.1, -0.05) is 30.3 Å². The van der Waals surface area contributed by atoms with Gasteiger partial charge in [-0.15, -0.1) is 0 Å². The smallest absolute Gasteiger partial charge is 0.269 e. The minimum Gasteiger partial charge on any atom is -0.388 e. The lowest BCUT2D eigenvalue weighted by molar-refractivity contribution is -0.384. The van der Waals surface area contributed by atoms with E-state index in [2.05, 4.69) is 0 Å². The maximum atomic E-state index is 11.9. The van der Waals surface area contributed by atoms with Crippen molar-refractivity contribution >= 4 is 11.5 Å². The summed E-state index contributed by atoms with van der Waals surface area (Å²) in [6.07, 6.45) is -1.02. The SMILES string of the molecule is O=C(C[C@H](O)c1ccc([N+](=O)[O-])cc1)c1ccccc1. The predicted octanol–water partition coefficient (Wildman–Crippen LogP) is 2.90. The highest BCUT2D eigenvalue weighted by molar-refractivity contribution is 5.96. The van der Waals surface area contributed by atoms with Crippen molar-refractivity contribution in [1.29, 1.82) is 0 Å². The quantitative estimate of drug-likeness (QED) is 0.515. The van der Waals surface area contributed by atoms with Gasteiger partial charge in [-0.3, -0.25) is 14.9 Å². The summed E-state index contributed by atoms with van der Waals surface area (Å²) >= 11 is 0. The van der Waals surface area contributed by atoms with Crippen LogP contribution in [0.3, 0.4) is 0 Å². The molecule has 1 atom stereocenters. The fourth-order valence-electron chi connectivity index (χ4n) is 1.85. The van der Waals surface area contributed by atoms with Gasteiger partial charge in [0, 0.05) is 24.1 Å². The van der Waals surface area contributed by atoms with Crippen LogP contribution in [-0.4, -0.2) is 15.8 Å². The van der Waals surface area contributed by atoms with E-state index < -0.39 is 11.0 Å². The van der Waals surface area contributed by atoms with E-state index in [0.717, 1.165) is 0 Å². The molecule has 0 aliphatic carbocycles. The molecule has 0 unspecified atom stereocenters. The summed E-state index contributed by atoms with van der Waals surface area (Å²) in [5, 5.41) is 20.5. The Labute approximate surface area is 115 Å². The highest BCUT2D eigenvalue weighted by Gasteiger charge is 2.15. The second kappa shape index (κ2) is 6.08.